The highest BCUT2D eigenvalue weighted by molar-refractivity contribution is 6.31. The molecular weight excluding hydrogens is 412 g/mol. The van der Waals surface area contributed by atoms with E-state index in [1.807, 2.05) is 30.9 Å². The molecule has 7 nitrogen and oxygen atoms in total. The quantitative estimate of drug-likeness (QED) is 0.517. The Morgan fingerprint density at radius 1 is 1.23 bits per heavy atom. The first-order valence-electron chi connectivity index (χ1n) is 11.4. The Labute approximate surface area is 191 Å². The van der Waals surface area contributed by atoms with E-state index >= 15 is 0 Å². The molecule has 0 radical (unpaired) electrons. The number of amides is 1. The predicted octanol–water partition coefficient (Wildman–Crippen LogP) is 2.40. The zero-order valence-corrected chi connectivity index (χ0v) is 20.1. The number of hydrogen-bond acceptors (Lipinski definition) is 4. The fraction of sp³-hybridized carbons (Fsp3) is 0.652. The minimum absolute atomic E-state index is 0.0360. The molecule has 0 aromatic heterocycles. The van der Waals surface area contributed by atoms with Crippen LogP contribution in [-0.4, -0.2) is 80.6 Å². The smallest absolute Gasteiger partial charge is 0.225 e. The van der Waals surface area contributed by atoms with Gasteiger partial charge in [-0.1, -0.05) is 31.5 Å². The Morgan fingerprint density at radius 3 is 2.65 bits per heavy atom. The van der Waals surface area contributed by atoms with Crippen LogP contribution >= 0.6 is 11.6 Å². The fourth-order valence-corrected chi connectivity index (χ4v) is 4.39. The maximum atomic E-state index is 12.3. The number of rotatable bonds is 6. The highest BCUT2D eigenvalue weighted by Crippen LogP contribution is 2.29. The Bertz CT molecular complexity index is 775. The van der Waals surface area contributed by atoms with Crippen LogP contribution in [0.15, 0.2) is 23.2 Å². The van der Waals surface area contributed by atoms with Gasteiger partial charge in [-0.25, -0.2) is 4.99 Å². The van der Waals surface area contributed by atoms with Gasteiger partial charge in [-0.15, -0.1) is 0 Å². The van der Waals surface area contributed by atoms with Gasteiger partial charge in [0.15, 0.2) is 5.96 Å². The highest BCUT2D eigenvalue weighted by atomic mass is 35.5. The summed E-state index contributed by atoms with van der Waals surface area (Å²) in [6.45, 7) is 12.9. The summed E-state index contributed by atoms with van der Waals surface area (Å²) in [6.07, 6.45) is 0.932. The number of likely N-dealkylation sites (tertiary alicyclic amines) is 1. The van der Waals surface area contributed by atoms with Crippen molar-refractivity contribution in [3.8, 4) is 0 Å². The summed E-state index contributed by atoms with van der Waals surface area (Å²) in [5, 5.41) is 7.61. The molecule has 0 aliphatic carbocycles. The van der Waals surface area contributed by atoms with Gasteiger partial charge in [0.25, 0.3) is 0 Å². The van der Waals surface area contributed by atoms with E-state index in [1.165, 1.54) is 5.69 Å². The lowest BCUT2D eigenvalue weighted by molar-refractivity contribution is -0.133. The zero-order valence-electron chi connectivity index (χ0n) is 19.3. The molecule has 31 heavy (non-hydrogen) atoms. The molecule has 2 aliphatic rings. The Morgan fingerprint density at radius 2 is 1.97 bits per heavy atom. The monoisotopic (exact) mass is 448 g/mol. The maximum absolute atomic E-state index is 12.3. The second kappa shape index (κ2) is 11.0. The third-order valence-electron chi connectivity index (χ3n) is 6.01. The fourth-order valence-electron chi connectivity index (χ4n) is 4.16. The summed E-state index contributed by atoms with van der Waals surface area (Å²) in [6, 6.07) is 6.32. The van der Waals surface area contributed by atoms with Crippen molar-refractivity contribution in [3.05, 3.63) is 28.8 Å². The van der Waals surface area contributed by atoms with Gasteiger partial charge in [-0.05, 0) is 32.5 Å². The zero-order chi connectivity index (χ0) is 22.4. The topological polar surface area (TPSA) is 63.2 Å². The summed E-state index contributed by atoms with van der Waals surface area (Å²) in [7, 11) is 2.16. The van der Waals surface area contributed by atoms with E-state index in [1.54, 1.807) is 0 Å². The third kappa shape index (κ3) is 6.26. The number of benzene rings is 1. The van der Waals surface area contributed by atoms with Crippen molar-refractivity contribution >= 4 is 29.2 Å². The first-order valence-corrected chi connectivity index (χ1v) is 11.8. The molecule has 1 unspecified atom stereocenters. The lowest BCUT2D eigenvalue weighted by atomic mass is 10.1. The van der Waals surface area contributed by atoms with Crippen LogP contribution in [0.4, 0.5) is 5.69 Å². The SMILES string of the molecule is CCNC(=NCc1c(Cl)cccc1N1CCN(C)CC1)NC1CCN(C(=O)C(C)C)C1. The number of anilines is 1. The van der Waals surface area contributed by atoms with Gasteiger partial charge < -0.3 is 25.3 Å². The van der Waals surface area contributed by atoms with E-state index in [-0.39, 0.29) is 17.9 Å². The first kappa shape index (κ1) is 23.7. The van der Waals surface area contributed by atoms with Crippen molar-refractivity contribution in [1.29, 1.82) is 0 Å². The summed E-state index contributed by atoms with van der Waals surface area (Å²) in [5.74, 6) is 1.03. The van der Waals surface area contributed by atoms with Gasteiger partial charge in [0.1, 0.15) is 0 Å². The predicted molar refractivity (Wildman–Crippen MR) is 129 cm³/mol. The Balaban J connectivity index is 1.69. The van der Waals surface area contributed by atoms with E-state index in [0.717, 1.165) is 68.8 Å². The lowest BCUT2D eigenvalue weighted by Crippen LogP contribution is -2.45. The number of piperazine rings is 1. The van der Waals surface area contributed by atoms with Crippen LogP contribution in [0.2, 0.25) is 5.02 Å². The van der Waals surface area contributed by atoms with Crippen molar-refractivity contribution in [2.24, 2.45) is 10.9 Å². The number of hydrogen-bond donors (Lipinski definition) is 2. The van der Waals surface area contributed by atoms with Crippen LogP contribution in [0.25, 0.3) is 0 Å². The minimum Gasteiger partial charge on any atom is -0.369 e. The second-order valence-corrected chi connectivity index (χ2v) is 9.20. The van der Waals surface area contributed by atoms with Gasteiger partial charge in [-0.3, -0.25) is 4.79 Å². The average molecular weight is 449 g/mol. The molecule has 0 spiro atoms. The number of likely N-dealkylation sites (N-methyl/N-ethyl adjacent to an activating group) is 1. The molecule has 1 aromatic carbocycles. The van der Waals surface area contributed by atoms with Crippen LogP contribution in [0.3, 0.4) is 0 Å². The Kier molecular flexibility index (Phi) is 8.43. The number of carbonyl (C=O) groups is 1. The molecule has 2 fully saturated rings. The molecule has 0 bridgehead atoms. The highest BCUT2D eigenvalue weighted by Gasteiger charge is 2.28. The standard InChI is InChI=1S/C23H37ClN6O/c1-5-25-23(27-18-9-10-30(16-18)22(31)17(2)3)26-15-19-20(24)7-6-8-21(19)29-13-11-28(4)12-14-29/h6-8,17-18H,5,9-16H2,1-4H3,(H2,25,26,27). The first-order chi connectivity index (χ1) is 14.9. The Hall–Kier alpha value is -1.99. The molecular formula is C23H37ClN6O. The molecule has 8 heteroatoms. The number of nitrogens with zero attached hydrogens (tertiary/aromatic N) is 4. The normalized spacial score (nSPS) is 20.5. The largest absolute Gasteiger partial charge is 0.369 e. The van der Waals surface area contributed by atoms with E-state index in [2.05, 4.69) is 40.5 Å². The van der Waals surface area contributed by atoms with Crippen molar-refractivity contribution in [3.63, 3.8) is 0 Å². The molecule has 172 valence electrons. The van der Waals surface area contributed by atoms with Gasteiger partial charge in [0.2, 0.25) is 5.91 Å². The second-order valence-electron chi connectivity index (χ2n) is 8.79. The molecule has 1 aromatic rings. The summed E-state index contributed by atoms with van der Waals surface area (Å²) in [4.78, 5) is 23.8. The van der Waals surface area contributed by atoms with Gasteiger partial charge >= 0.3 is 0 Å². The van der Waals surface area contributed by atoms with Crippen LogP contribution < -0.4 is 15.5 Å². The summed E-state index contributed by atoms with van der Waals surface area (Å²) in [5.41, 5.74) is 2.24. The van der Waals surface area contributed by atoms with Crippen molar-refractivity contribution in [2.45, 2.75) is 39.8 Å². The third-order valence-corrected chi connectivity index (χ3v) is 6.37. The van der Waals surface area contributed by atoms with Crippen LogP contribution in [-0.2, 0) is 11.3 Å². The molecule has 2 aliphatic heterocycles. The van der Waals surface area contributed by atoms with Crippen LogP contribution in [0.5, 0.6) is 0 Å². The van der Waals surface area contributed by atoms with E-state index in [4.69, 9.17) is 16.6 Å². The van der Waals surface area contributed by atoms with Gasteiger partial charge in [0.05, 0.1) is 6.54 Å². The molecule has 1 amide bonds. The molecule has 3 rings (SSSR count). The number of aliphatic imine (C=N–C) groups is 1. The van der Waals surface area contributed by atoms with E-state index < -0.39 is 0 Å². The van der Waals surface area contributed by atoms with E-state index in [9.17, 15) is 4.79 Å². The minimum atomic E-state index is 0.0360. The van der Waals surface area contributed by atoms with Crippen LogP contribution in [0, 0.1) is 5.92 Å². The molecule has 2 N–H and O–H groups in total. The maximum Gasteiger partial charge on any atom is 0.225 e. The van der Waals surface area contributed by atoms with Crippen molar-refractivity contribution in [1.82, 2.24) is 20.4 Å². The number of nitrogens with one attached hydrogen (secondary N) is 2. The summed E-state index contributed by atoms with van der Waals surface area (Å²) < 4.78 is 0. The van der Waals surface area contributed by atoms with Gasteiger partial charge in [0, 0.05) is 74.0 Å². The lowest BCUT2D eigenvalue weighted by Gasteiger charge is -2.35. The van der Waals surface area contributed by atoms with Gasteiger partial charge in [-0.2, -0.15) is 0 Å². The van der Waals surface area contributed by atoms with Crippen LogP contribution in [0.1, 0.15) is 32.8 Å². The number of carbonyl (C=O) groups excluding carboxylic acids is 1. The van der Waals surface area contributed by atoms with Crippen molar-refractivity contribution < 1.29 is 4.79 Å². The van der Waals surface area contributed by atoms with Crippen molar-refractivity contribution in [2.75, 3.05) is 57.8 Å². The number of halogens is 1. The molecule has 1 atom stereocenters. The molecule has 2 heterocycles. The summed E-state index contributed by atoms with van der Waals surface area (Å²) >= 11 is 6.60. The number of guanidine groups is 1. The molecule has 0 saturated carbocycles. The average Bonchev–Trinajstić information content (AvgIpc) is 3.21. The van der Waals surface area contributed by atoms with E-state index in [0.29, 0.717) is 6.54 Å². The molecule has 2 saturated heterocycles.